The van der Waals surface area contributed by atoms with Gasteiger partial charge in [-0.1, -0.05) is 43.2 Å². The Labute approximate surface area is 221 Å². The van der Waals surface area contributed by atoms with Crippen molar-refractivity contribution < 1.29 is 29.8 Å². The van der Waals surface area contributed by atoms with Crippen molar-refractivity contribution in [3.63, 3.8) is 0 Å². The van der Waals surface area contributed by atoms with Gasteiger partial charge in [-0.15, -0.1) is 0 Å². The molecule has 2 aromatic carbocycles. The molecule has 1 unspecified atom stereocenters. The van der Waals surface area contributed by atoms with E-state index < -0.39 is 18.6 Å². The first-order valence-electron chi connectivity index (χ1n) is 12.6. The highest BCUT2D eigenvalue weighted by molar-refractivity contribution is 6.05. The maximum atomic E-state index is 13.4. The number of para-hydroxylation sites is 1. The molecule has 3 amide bonds. The molecule has 10 nitrogen and oxygen atoms in total. The molecule has 3 aromatic rings. The van der Waals surface area contributed by atoms with Crippen molar-refractivity contribution in [3.05, 3.63) is 77.5 Å². The van der Waals surface area contributed by atoms with E-state index in [4.69, 9.17) is 5.21 Å². The number of carbonyl (C=O) groups is 3. The van der Waals surface area contributed by atoms with E-state index in [1.54, 1.807) is 54.1 Å². The number of pyridine rings is 1. The van der Waals surface area contributed by atoms with Gasteiger partial charge in [-0.2, -0.15) is 0 Å². The molecule has 1 heterocycles. The molecular weight excluding hydrogens is 488 g/mol. The highest BCUT2D eigenvalue weighted by Crippen LogP contribution is 2.19. The molecule has 0 aliphatic carbocycles. The van der Waals surface area contributed by atoms with Crippen molar-refractivity contribution in [1.29, 1.82) is 0 Å². The number of benzene rings is 2. The molecule has 0 saturated carbocycles. The van der Waals surface area contributed by atoms with Crippen LogP contribution in [0.5, 0.6) is 0 Å². The first-order valence-corrected chi connectivity index (χ1v) is 12.6. The lowest BCUT2D eigenvalue weighted by Gasteiger charge is -2.25. The number of carbonyl (C=O) groups excluding carboxylic acids is 3. The average Bonchev–Trinajstić information content (AvgIpc) is 2.95. The van der Waals surface area contributed by atoms with E-state index in [-0.39, 0.29) is 31.3 Å². The second-order valence-electron chi connectivity index (χ2n) is 9.05. The molecule has 5 N–H and O–H groups in total. The number of hydrogen-bond donors (Lipinski definition) is 5. The third-order valence-electron chi connectivity index (χ3n) is 6.12. The summed E-state index contributed by atoms with van der Waals surface area (Å²) in [7, 11) is 0. The summed E-state index contributed by atoms with van der Waals surface area (Å²) in [4.78, 5) is 42.7. The Balaban J connectivity index is 1.58. The van der Waals surface area contributed by atoms with Crippen molar-refractivity contribution in [2.75, 3.05) is 19.7 Å². The Morgan fingerprint density at radius 3 is 2.42 bits per heavy atom. The highest BCUT2D eigenvalue weighted by Gasteiger charge is 2.22. The van der Waals surface area contributed by atoms with Crippen molar-refractivity contribution in [2.45, 2.75) is 44.8 Å². The van der Waals surface area contributed by atoms with Gasteiger partial charge in [0.05, 0.1) is 23.8 Å². The second-order valence-corrected chi connectivity index (χ2v) is 9.05. The summed E-state index contributed by atoms with van der Waals surface area (Å²) in [5.74, 6) is -0.924. The van der Waals surface area contributed by atoms with Crippen molar-refractivity contribution in [1.82, 2.24) is 20.7 Å². The minimum absolute atomic E-state index is 0.0640. The summed E-state index contributed by atoms with van der Waals surface area (Å²) in [6.45, 7) is 0.141. The molecule has 0 aliphatic rings. The van der Waals surface area contributed by atoms with Gasteiger partial charge in [-0.3, -0.25) is 24.6 Å². The lowest BCUT2D eigenvalue weighted by Crippen LogP contribution is -2.38. The molecule has 0 fully saturated rings. The fourth-order valence-corrected chi connectivity index (χ4v) is 4.08. The Morgan fingerprint density at radius 1 is 0.947 bits per heavy atom. The van der Waals surface area contributed by atoms with Crippen LogP contribution in [-0.2, 0) is 11.3 Å². The summed E-state index contributed by atoms with van der Waals surface area (Å²) in [5, 5.41) is 31.6. The maximum absolute atomic E-state index is 13.4. The van der Waals surface area contributed by atoms with E-state index >= 15 is 0 Å². The molecule has 202 valence electrons. The molecule has 0 saturated heterocycles. The first kappa shape index (κ1) is 28.7. The number of fused-ring (bicyclic) bond motifs is 1. The van der Waals surface area contributed by atoms with Crippen LogP contribution in [0.3, 0.4) is 0 Å². The summed E-state index contributed by atoms with van der Waals surface area (Å²) in [5.41, 5.74) is 3.82. The number of hydrogen-bond acceptors (Lipinski definition) is 7. The molecule has 3 rings (SSSR count). The van der Waals surface area contributed by atoms with Crippen LogP contribution >= 0.6 is 0 Å². The van der Waals surface area contributed by atoms with E-state index in [9.17, 15) is 24.6 Å². The van der Waals surface area contributed by atoms with Gasteiger partial charge >= 0.3 is 0 Å². The number of hydroxylamine groups is 1. The zero-order valence-corrected chi connectivity index (χ0v) is 21.2. The third kappa shape index (κ3) is 8.34. The minimum Gasteiger partial charge on any atom is -0.394 e. The van der Waals surface area contributed by atoms with E-state index in [0.717, 1.165) is 30.2 Å². The fourth-order valence-electron chi connectivity index (χ4n) is 4.08. The summed E-state index contributed by atoms with van der Waals surface area (Å²) in [6.07, 6.45) is 3.93. The fraction of sp³-hybridized carbons (Fsp3) is 0.357. The normalized spacial score (nSPS) is 11.7. The number of amides is 3. The smallest absolute Gasteiger partial charge is 0.256 e. The molecule has 0 bridgehead atoms. The zero-order chi connectivity index (χ0) is 27.3. The van der Waals surface area contributed by atoms with Crippen LogP contribution < -0.4 is 10.8 Å². The van der Waals surface area contributed by atoms with Crippen molar-refractivity contribution in [2.24, 2.45) is 0 Å². The second kappa shape index (κ2) is 14.8. The Hall–Kier alpha value is -3.86. The van der Waals surface area contributed by atoms with Crippen molar-refractivity contribution >= 4 is 28.6 Å². The van der Waals surface area contributed by atoms with E-state index in [1.807, 2.05) is 12.1 Å². The molecule has 1 aromatic heterocycles. The summed E-state index contributed by atoms with van der Waals surface area (Å²) < 4.78 is 0. The van der Waals surface area contributed by atoms with Gasteiger partial charge in [0, 0.05) is 43.2 Å². The summed E-state index contributed by atoms with van der Waals surface area (Å²) in [6, 6.07) is 15.9. The van der Waals surface area contributed by atoms with Crippen LogP contribution in [0.1, 0.15) is 58.4 Å². The minimum atomic E-state index is -1.10. The van der Waals surface area contributed by atoms with Gasteiger partial charge in [0.25, 0.3) is 11.8 Å². The average molecular weight is 523 g/mol. The monoisotopic (exact) mass is 522 g/mol. The lowest BCUT2D eigenvalue weighted by molar-refractivity contribution is -0.129. The van der Waals surface area contributed by atoms with Gasteiger partial charge in [0.2, 0.25) is 5.91 Å². The number of rotatable bonds is 14. The van der Waals surface area contributed by atoms with Gasteiger partial charge in [0.15, 0.2) is 0 Å². The number of unbranched alkanes of at least 4 members (excludes halogenated alkanes) is 3. The standard InChI is InChI=1S/C28H34N4O6/c33-19-23(34)18-32(28(37)24-9-5-7-21-8-6-16-29-26(21)24)17-20-11-13-22(14-12-20)27(36)30-15-4-2-1-3-10-25(35)31-38/h5-9,11-14,16,23,33-34,38H,1-4,10,15,17-19H2,(H,30,36)(H,31,35). The van der Waals surface area contributed by atoms with Gasteiger partial charge < -0.3 is 20.4 Å². The predicted molar refractivity (Wildman–Crippen MR) is 141 cm³/mol. The molecule has 38 heavy (non-hydrogen) atoms. The van der Waals surface area contributed by atoms with Crippen LogP contribution in [0.15, 0.2) is 60.8 Å². The SMILES string of the molecule is O=C(CCCCCCNC(=O)c1ccc(CN(CC(O)CO)C(=O)c2cccc3cccnc23)cc1)NO. The first-order chi connectivity index (χ1) is 18.4. The Morgan fingerprint density at radius 2 is 1.68 bits per heavy atom. The van der Waals surface area contributed by atoms with E-state index in [0.29, 0.717) is 29.6 Å². The predicted octanol–water partition coefficient (Wildman–Crippen LogP) is 2.42. The maximum Gasteiger partial charge on any atom is 0.256 e. The van der Waals surface area contributed by atoms with Crippen LogP contribution in [0.4, 0.5) is 0 Å². The third-order valence-corrected chi connectivity index (χ3v) is 6.12. The van der Waals surface area contributed by atoms with Crippen LogP contribution in [-0.4, -0.2) is 68.8 Å². The van der Waals surface area contributed by atoms with E-state index in [1.165, 1.54) is 4.90 Å². The number of nitrogens with one attached hydrogen (secondary N) is 2. The molecule has 0 spiro atoms. The molecule has 0 radical (unpaired) electrons. The van der Waals surface area contributed by atoms with Crippen LogP contribution in [0, 0.1) is 0 Å². The quantitative estimate of drug-likeness (QED) is 0.124. The van der Waals surface area contributed by atoms with Gasteiger partial charge in [-0.25, -0.2) is 5.48 Å². The highest BCUT2D eigenvalue weighted by atomic mass is 16.5. The number of aliphatic hydroxyl groups is 2. The largest absolute Gasteiger partial charge is 0.394 e. The van der Waals surface area contributed by atoms with Crippen LogP contribution in [0.25, 0.3) is 10.9 Å². The van der Waals surface area contributed by atoms with Crippen molar-refractivity contribution in [3.8, 4) is 0 Å². The van der Waals surface area contributed by atoms with E-state index in [2.05, 4.69) is 10.3 Å². The summed E-state index contributed by atoms with van der Waals surface area (Å²) >= 11 is 0. The van der Waals surface area contributed by atoms with Crippen LogP contribution in [0.2, 0.25) is 0 Å². The molecular formula is C28H34N4O6. The topological polar surface area (TPSA) is 152 Å². The molecule has 1 atom stereocenters. The molecule has 0 aliphatic heterocycles. The Kier molecular flexibility index (Phi) is 11.2. The number of nitrogens with zero attached hydrogens (tertiary/aromatic N) is 2. The Bertz CT molecular complexity index is 1210. The number of aliphatic hydroxyl groups excluding tert-OH is 2. The van der Waals surface area contributed by atoms with Gasteiger partial charge in [-0.05, 0) is 42.7 Å². The number of aromatic nitrogens is 1. The molecule has 10 heteroatoms. The zero-order valence-electron chi connectivity index (χ0n) is 21.2. The lowest BCUT2D eigenvalue weighted by atomic mass is 10.1. The van der Waals surface area contributed by atoms with Gasteiger partial charge in [0.1, 0.15) is 0 Å².